The monoisotopic (exact) mass is 431 g/mol. The minimum atomic E-state index is -3.77. The highest BCUT2D eigenvalue weighted by atomic mass is 32.2. The van der Waals surface area contributed by atoms with Crippen molar-refractivity contribution in [1.82, 2.24) is 14.8 Å². The van der Waals surface area contributed by atoms with E-state index in [1.807, 2.05) is 54.6 Å². The molecule has 0 unspecified atom stereocenters. The second-order valence-corrected chi connectivity index (χ2v) is 8.67. The Morgan fingerprint density at radius 2 is 1.65 bits per heavy atom. The number of para-hydroxylation sites is 2. The molecule has 0 atom stereocenters. The average Bonchev–Trinajstić information content (AvgIpc) is 3.19. The Labute approximate surface area is 178 Å². The van der Waals surface area contributed by atoms with Crippen LogP contribution in [0.5, 0.6) is 0 Å². The highest BCUT2D eigenvalue weighted by Crippen LogP contribution is 2.29. The second kappa shape index (κ2) is 7.37. The molecule has 154 valence electrons. The smallest absolute Gasteiger partial charge is 0.295 e. The van der Waals surface area contributed by atoms with Crippen molar-refractivity contribution in [1.29, 1.82) is 0 Å². The summed E-state index contributed by atoms with van der Waals surface area (Å²) in [6.07, 6.45) is 0.650. The predicted octanol–water partition coefficient (Wildman–Crippen LogP) is 3.22. The molecule has 0 radical (unpaired) electrons. The van der Waals surface area contributed by atoms with Gasteiger partial charge >= 0.3 is 0 Å². The van der Waals surface area contributed by atoms with Gasteiger partial charge in [-0.1, -0.05) is 60.7 Å². The van der Waals surface area contributed by atoms with E-state index >= 15 is 0 Å². The molecular formula is C22H17N5O3S. The fourth-order valence-electron chi connectivity index (χ4n) is 3.47. The van der Waals surface area contributed by atoms with Crippen LogP contribution in [-0.2, 0) is 16.4 Å². The zero-order valence-corrected chi connectivity index (χ0v) is 17.0. The molecule has 0 bridgehead atoms. The molecule has 9 heteroatoms. The molecule has 4 aromatic rings. The van der Waals surface area contributed by atoms with Crippen LogP contribution >= 0.6 is 0 Å². The number of rotatable bonds is 4. The average molecular weight is 431 g/mol. The van der Waals surface area contributed by atoms with Gasteiger partial charge in [0.25, 0.3) is 15.9 Å². The van der Waals surface area contributed by atoms with Crippen LogP contribution < -0.4 is 10.0 Å². The number of fused-ring (bicyclic) bond motifs is 3. The van der Waals surface area contributed by atoms with E-state index in [2.05, 4.69) is 20.1 Å². The Hall–Kier alpha value is -3.98. The summed E-state index contributed by atoms with van der Waals surface area (Å²) in [5, 5.41) is 7.08. The van der Waals surface area contributed by atoms with Gasteiger partial charge in [0, 0.05) is 5.69 Å². The van der Waals surface area contributed by atoms with Crippen LogP contribution in [-0.4, -0.2) is 29.1 Å². The number of sulfonamides is 1. The Balaban J connectivity index is 1.45. The molecule has 0 saturated heterocycles. The van der Waals surface area contributed by atoms with Crippen LogP contribution in [0.1, 0.15) is 21.7 Å². The first kappa shape index (κ1) is 19.0. The number of hydrogen-bond acceptors (Lipinski definition) is 5. The van der Waals surface area contributed by atoms with Crippen LogP contribution in [0, 0.1) is 0 Å². The minimum absolute atomic E-state index is 0.0265. The molecule has 1 aromatic heterocycles. The van der Waals surface area contributed by atoms with Crippen LogP contribution in [0.25, 0.3) is 5.69 Å². The van der Waals surface area contributed by atoms with Crippen LogP contribution in [0.4, 0.5) is 11.6 Å². The third-order valence-corrected chi connectivity index (χ3v) is 6.30. The van der Waals surface area contributed by atoms with Crippen LogP contribution in [0.2, 0.25) is 0 Å². The van der Waals surface area contributed by atoms with E-state index in [1.165, 1.54) is 10.7 Å². The summed E-state index contributed by atoms with van der Waals surface area (Å²) in [4.78, 5) is 17.1. The van der Waals surface area contributed by atoms with Gasteiger partial charge in [-0.2, -0.15) is 9.67 Å². The van der Waals surface area contributed by atoms with Crippen molar-refractivity contribution in [3.05, 3.63) is 95.8 Å². The normalized spacial score (nSPS) is 13.5. The SMILES string of the molecule is O=C(Nc1ccccc1Cc1ccccc1)c1nc2n(n1)-c1ccccc1S(=O)(=O)N2. The predicted molar refractivity (Wildman–Crippen MR) is 116 cm³/mol. The van der Waals surface area contributed by atoms with Gasteiger partial charge in [-0.15, -0.1) is 5.10 Å². The fraction of sp³-hybridized carbons (Fsp3) is 0.0455. The number of nitrogens with one attached hydrogen (secondary N) is 2. The Morgan fingerprint density at radius 1 is 0.935 bits per heavy atom. The van der Waals surface area contributed by atoms with E-state index in [0.29, 0.717) is 17.8 Å². The van der Waals surface area contributed by atoms with Crippen molar-refractivity contribution in [2.75, 3.05) is 10.0 Å². The molecule has 2 N–H and O–H groups in total. The molecule has 0 saturated carbocycles. The first-order valence-electron chi connectivity index (χ1n) is 9.54. The maximum atomic E-state index is 12.9. The highest BCUT2D eigenvalue weighted by molar-refractivity contribution is 7.92. The molecule has 8 nitrogen and oxygen atoms in total. The third kappa shape index (κ3) is 3.55. The number of carbonyl (C=O) groups is 1. The van der Waals surface area contributed by atoms with Crippen molar-refractivity contribution >= 4 is 27.6 Å². The lowest BCUT2D eigenvalue weighted by Crippen LogP contribution is -2.23. The van der Waals surface area contributed by atoms with Crippen molar-refractivity contribution in [3.63, 3.8) is 0 Å². The quantitative estimate of drug-likeness (QED) is 0.516. The molecule has 2 heterocycles. The zero-order chi connectivity index (χ0) is 21.4. The summed E-state index contributed by atoms with van der Waals surface area (Å²) in [5.41, 5.74) is 3.04. The largest absolute Gasteiger partial charge is 0.319 e. The number of carbonyl (C=O) groups excluding carboxylic acids is 1. The molecule has 5 rings (SSSR count). The summed E-state index contributed by atoms with van der Waals surface area (Å²) in [5.74, 6) is -0.690. The van der Waals surface area contributed by atoms with E-state index in [9.17, 15) is 13.2 Å². The maximum absolute atomic E-state index is 12.9. The Kier molecular flexibility index (Phi) is 4.52. The molecule has 1 aliphatic rings. The van der Waals surface area contributed by atoms with E-state index in [1.54, 1.807) is 18.2 Å². The van der Waals surface area contributed by atoms with Crippen molar-refractivity contribution in [2.24, 2.45) is 0 Å². The molecule has 1 aliphatic heterocycles. The first-order valence-corrected chi connectivity index (χ1v) is 11.0. The molecule has 1 amide bonds. The molecule has 0 fully saturated rings. The van der Waals surface area contributed by atoms with Crippen LogP contribution in [0.15, 0.2) is 83.8 Å². The van der Waals surface area contributed by atoms with E-state index in [4.69, 9.17) is 0 Å². The number of benzene rings is 3. The van der Waals surface area contributed by atoms with Gasteiger partial charge in [0.2, 0.25) is 11.8 Å². The number of anilines is 2. The van der Waals surface area contributed by atoms with Gasteiger partial charge in [0.1, 0.15) is 4.90 Å². The van der Waals surface area contributed by atoms with Gasteiger partial charge in [-0.25, -0.2) is 13.1 Å². The molecule has 0 aliphatic carbocycles. The standard InChI is InChI=1S/C22H17N5O3S/c28-21(23-17-11-5-4-10-16(17)14-15-8-2-1-3-9-15)20-24-22-26-31(29,30)19-13-7-6-12-18(19)27(22)25-20/h1-13H,14H2,(H,23,28)(H,24,25,26). The van der Waals surface area contributed by atoms with Crippen molar-refractivity contribution < 1.29 is 13.2 Å². The van der Waals surface area contributed by atoms with E-state index in [-0.39, 0.29) is 16.7 Å². The van der Waals surface area contributed by atoms with Gasteiger partial charge in [-0.05, 0) is 35.7 Å². The zero-order valence-electron chi connectivity index (χ0n) is 16.2. The van der Waals surface area contributed by atoms with E-state index < -0.39 is 15.9 Å². The van der Waals surface area contributed by atoms with Gasteiger partial charge in [0.15, 0.2) is 0 Å². The topological polar surface area (TPSA) is 106 Å². The molecule has 0 spiro atoms. The number of hydrogen-bond donors (Lipinski definition) is 2. The Morgan fingerprint density at radius 3 is 2.48 bits per heavy atom. The Bertz CT molecular complexity index is 1400. The number of aromatic nitrogens is 3. The summed E-state index contributed by atoms with van der Waals surface area (Å²) in [6.45, 7) is 0. The van der Waals surface area contributed by atoms with Gasteiger partial charge < -0.3 is 5.32 Å². The lowest BCUT2D eigenvalue weighted by molar-refractivity contribution is 0.101. The second-order valence-electron chi connectivity index (χ2n) is 7.02. The summed E-state index contributed by atoms with van der Waals surface area (Å²) < 4.78 is 28.5. The third-order valence-electron chi connectivity index (χ3n) is 4.92. The van der Waals surface area contributed by atoms with Gasteiger partial charge in [0.05, 0.1) is 5.69 Å². The number of nitrogens with zero attached hydrogens (tertiary/aromatic N) is 3. The van der Waals surface area contributed by atoms with Crippen molar-refractivity contribution in [3.8, 4) is 5.69 Å². The van der Waals surface area contributed by atoms with E-state index in [0.717, 1.165) is 11.1 Å². The maximum Gasteiger partial charge on any atom is 0.295 e. The molecule has 31 heavy (non-hydrogen) atoms. The lowest BCUT2D eigenvalue weighted by Gasteiger charge is -2.17. The van der Waals surface area contributed by atoms with Crippen molar-refractivity contribution in [2.45, 2.75) is 11.3 Å². The van der Waals surface area contributed by atoms with Crippen LogP contribution in [0.3, 0.4) is 0 Å². The summed E-state index contributed by atoms with van der Waals surface area (Å²) in [6, 6.07) is 23.8. The number of amides is 1. The fourth-order valence-corrected chi connectivity index (χ4v) is 4.64. The summed E-state index contributed by atoms with van der Waals surface area (Å²) in [7, 11) is -3.77. The summed E-state index contributed by atoms with van der Waals surface area (Å²) >= 11 is 0. The molecule has 3 aromatic carbocycles. The minimum Gasteiger partial charge on any atom is -0.319 e. The first-order chi connectivity index (χ1) is 15.0. The lowest BCUT2D eigenvalue weighted by atomic mass is 10.0. The molecular weight excluding hydrogens is 414 g/mol. The highest BCUT2D eigenvalue weighted by Gasteiger charge is 2.31. The van der Waals surface area contributed by atoms with Gasteiger partial charge in [-0.3, -0.25) is 4.79 Å².